The summed E-state index contributed by atoms with van der Waals surface area (Å²) in [4.78, 5) is 11.8. The van der Waals surface area contributed by atoms with Gasteiger partial charge in [0.2, 0.25) is 5.91 Å². The number of hydrogen-bond acceptors (Lipinski definition) is 4. The van der Waals surface area contributed by atoms with Gasteiger partial charge < -0.3 is 10.2 Å². The zero-order valence-electron chi connectivity index (χ0n) is 11.9. The molecule has 0 aliphatic rings. The van der Waals surface area contributed by atoms with Crippen molar-refractivity contribution in [1.82, 2.24) is 5.43 Å². The Morgan fingerprint density at radius 2 is 1.95 bits per heavy atom. The molecule has 6 heteroatoms. The van der Waals surface area contributed by atoms with Gasteiger partial charge in [-0.1, -0.05) is 28.1 Å². The van der Waals surface area contributed by atoms with E-state index in [1.165, 1.54) is 18.3 Å². The van der Waals surface area contributed by atoms with Crippen LogP contribution in [0.3, 0.4) is 0 Å². The zero-order chi connectivity index (χ0) is 16.1. The standard InChI is InChI=1S/C16H15BrN2O3/c1-10-6-13(20)8-15(21)14(10)9-18-19-16(22)7-11-2-4-12(17)5-3-11/h2-6,8-9,20-21H,7H2,1H3,(H,19,22). The molecule has 0 unspecified atom stereocenters. The number of rotatable bonds is 4. The van der Waals surface area contributed by atoms with E-state index in [2.05, 4.69) is 26.5 Å². The SMILES string of the molecule is Cc1cc(O)cc(O)c1C=NNC(=O)Cc1ccc(Br)cc1. The van der Waals surface area contributed by atoms with E-state index in [0.717, 1.165) is 10.0 Å². The van der Waals surface area contributed by atoms with Gasteiger partial charge in [-0.2, -0.15) is 5.10 Å². The summed E-state index contributed by atoms with van der Waals surface area (Å²) in [5.74, 6) is -0.371. The van der Waals surface area contributed by atoms with Gasteiger partial charge >= 0.3 is 0 Å². The maximum atomic E-state index is 11.8. The van der Waals surface area contributed by atoms with Crippen LogP contribution in [0.25, 0.3) is 0 Å². The first kappa shape index (κ1) is 16.0. The van der Waals surface area contributed by atoms with Crippen molar-refractivity contribution in [3.8, 4) is 11.5 Å². The molecular formula is C16H15BrN2O3. The Labute approximate surface area is 136 Å². The summed E-state index contributed by atoms with van der Waals surface area (Å²) in [5, 5.41) is 22.9. The van der Waals surface area contributed by atoms with Crippen LogP contribution in [-0.2, 0) is 11.2 Å². The lowest BCUT2D eigenvalue weighted by Gasteiger charge is -2.05. The smallest absolute Gasteiger partial charge is 0.244 e. The lowest BCUT2D eigenvalue weighted by molar-refractivity contribution is -0.120. The quantitative estimate of drug-likeness (QED) is 0.577. The first-order valence-electron chi connectivity index (χ1n) is 6.54. The molecule has 2 aromatic rings. The van der Waals surface area contributed by atoms with E-state index in [1.807, 2.05) is 24.3 Å². The molecule has 0 saturated heterocycles. The number of benzene rings is 2. The number of carbonyl (C=O) groups excluding carboxylic acids is 1. The fraction of sp³-hybridized carbons (Fsp3) is 0.125. The minimum absolute atomic E-state index is 0.0218. The number of aryl methyl sites for hydroxylation is 1. The number of phenolic OH excluding ortho intramolecular Hbond substituents is 2. The van der Waals surface area contributed by atoms with Gasteiger partial charge in [0.05, 0.1) is 12.6 Å². The van der Waals surface area contributed by atoms with E-state index in [1.54, 1.807) is 6.92 Å². The molecule has 2 rings (SSSR count). The second-order valence-corrected chi connectivity index (χ2v) is 5.71. The van der Waals surface area contributed by atoms with E-state index in [-0.39, 0.29) is 23.8 Å². The minimum atomic E-state index is -0.255. The summed E-state index contributed by atoms with van der Waals surface area (Å²) >= 11 is 3.33. The molecule has 1 amide bonds. The van der Waals surface area contributed by atoms with Crippen molar-refractivity contribution in [1.29, 1.82) is 0 Å². The van der Waals surface area contributed by atoms with Crippen LogP contribution in [0.15, 0.2) is 46.0 Å². The normalized spacial score (nSPS) is 10.8. The van der Waals surface area contributed by atoms with E-state index in [9.17, 15) is 15.0 Å². The molecule has 0 aromatic heterocycles. The largest absolute Gasteiger partial charge is 0.508 e. The number of nitrogens with one attached hydrogen (secondary N) is 1. The van der Waals surface area contributed by atoms with E-state index in [0.29, 0.717) is 11.1 Å². The van der Waals surface area contributed by atoms with Crippen LogP contribution < -0.4 is 5.43 Å². The number of carbonyl (C=O) groups is 1. The van der Waals surface area contributed by atoms with Crippen LogP contribution in [0.1, 0.15) is 16.7 Å². The summed E-state index contributed by atoms with van der Waals surface area (Å²) in [6, 6.07) is 10.2. The summed E-state index contributed by atoms with van der Waals surface area (Å²) in [5.41, 5.74) is 4.39. The van der Waals surface area contributed by atoms with Crippen molar-refractivity contribution >= 4 is 28.1 Å². The third kappa shape index (κ3) is 4.33. The number of hydrogen-bond donors (Lipinski definition) is 3. The fourth-order valence-corrected chi connectivity index (χ4v) is 2.19. The molecule has 0 aliphatic carbocycles. The van der Waals surface area contributed by atoms with Crippen LogP contribution in [0.5, 0.6) is 11.5 Å². The number of phenols is 2. The number of nitrogens with zero attached hydrogens (tertiary/aromatic N) is 1. The van der Waals surface area contributed by atoms with Crippen LogP contribution in [0.2, 0.25) is 0 Å². The first-order chi connectivity index (χ1) is 10.5. The molecule has 0 radical (unpaired) electrons. The summed E-state index contributed by atoms with van der Waals surface area (Å²) in [6.45, 7) is 1.73. The third-order valence-corrected chi connectivity index (χ3v) is 3.54. The molecule has 0 heterocycles. The Morgan fingerprint density at radius 1 is 1.27 bits per heavy atom. The third-order valence-electron chi connectivity index (χ3n) is 3.01. The molecule has 5 nitrogen and oxygen atoms in total. The summed E-state index contributed by atoms with van der Waals surface area (Å²) < 4.78 is 0.952. The molecule has 0 bridgehead atoms. The highest BCUT2D eigenvalue weighted by molar-refractivity contribution is 9.10. The molecular weight excluding hydrogens is 348 g/mol. The first-order valence-corrected chi connectivity index (χ1v) is 7.34. The summed E-state index contributed by atoms with van der Waals surface area (Å²) in [6.07, 6.45) is 1.56. The van der Waals surface area contributed by atoms with Crippen LogP contribution in [0, 0.1) is 6.92 Å². The van der Waals surface area contributed by atoms with Gasteiger partial charge in [0.1, 0.15) is 11.5 Å². The van der Waals surface area contributed by atoms with Gasteiger partial charge in [0.15, 0.2) is 0 Å². The van der Waals surface area contributed by atoms with Gasteiger partial charge in [-0.05, 0) is 36.2 Å². The highest BCUT2D eigenvalue weighted by Gasteiger charge is 2.06. The number of hydrazone groups is 1. The van der Waals surface area contributed by atoms with Crippen LogP contribution >= 0.6 is 15.9 Å². The number of halogens is 1. The highest BCUT2D eigenvalue weighted by atomic mass is 79.9. The predicted octanol–water partition coefficient (Wildman–Crippen LogP) is 2.86. The Bertz CT molecular complexity index is 689. The van der Waals surface area contributed by atoms with Crippen molar-refractivity contribution in [2.75, 3.05) is 0 Å². The van der Waals surface area contributed by atoms with Crippen LogP contribution in [0.4, 0.5) is 0 Å². The van der Waals surface area contributed by atoms with Crippen molar-refractivity contribution in [3.63, 3.8) is 0 Å². The molecule has 0 saturated carbocycles. The molecule has 0 aliphatic heterocycles. The predicted molar refractivity (Wildman–Crippen MR) is 88.1 cm³/mol. The van der Waals surface area contributed by atoms with Crippen molar-refractivity contribution in [2.24, 2.45) is 5.10 Å². The van der Waals surface area contributed by atoms with E-state index < -0.39 is 0 Å². The molecule has 0 atom stereocenters. The topological polar surface area (TPSA) is 81.9 Å². The van der Waals surface area contributed by atoms with Crippen molar-refractivity contribution < 1.29 is 15.0 Å². The monoisotopic (exact) mass is 362 g/mol. The van der Waals surface area contributed by atoms with Gasteiger partial charge in [0.25, 0.3) is 0 Å². The fourth-order valence-electron chi connectivity index (χ4n) is 1.93. The molecule has 3 N–H and O–H groups in total. The van der Waals surface area contributed by atoms with Crippen molar-refractivity contribution in [2.45, 2.75) is 13.3 Å². The second-order valence-electron chi connectivity index (χ2n) is 4.79. The number of aromatic hydroxyl groups is 2. The van der Waals surface area contributed by atoms with Gasteiger partial charge in [0, 0.05) is 16.1 Å². The van der Waals surface area contributed by atoms with E-state index in [4.69, 9.17) is 0 Å². The molecule has 114 valence electrons. The molecule has 2 aromatic carbocycles. The maximum Gasteiger partial charge on any atom is 0.244 e. The van der Waals surface area contributed by atoms with Crippen molar-refractivity contribution in [3.05, 3.63) is 57.6 Å². The molecule has 0 fully saturated rings. The van der Waals surface area contributed by atoms with Crippen LogP contribution in [-0.4, -0.2) is 22.3 Å². The summed E-state index contributed by atoms with van der Waals surface area (Å²) in [7, 11) is 0. The lowest BCUT2D eigenvalue weighted by atomic mass is 10.1. The number of amides is 1. The average Bonchev–Trinajstić information content (AvgIpc) is 2.44. The Kier molecular flexibility index (Phi) is 5.16. The van der Waals surface area contributed by atoms with Gasteiger partial charge in [-0.25, -0.2) is 5.43 Å². The Balaban J connectivity index is 1.97. The van der Waals surface area contributed by atoms with Gasteiger partial charge in [-0.15, -0.1) is 0 Å². The Morgan fingerprint density at radius 3 is 2.59 bits per heavy atom. The zero-order valence-corrected chi connectivity index (χ0v) is 13.5. The highest BCUT2D eigenvalue weighted by Crippen LogP contribution is 2.24. The molecule has 0 spiro atoms. The Hall–Kier alpha value is -2.34. The van der Waals surface area contributed by atoms with Gasteiger partial charge in [-0.3, -0.25) is 4.79 Å². The lowest BCUT2D eigenvalue weighted by Crippen LogP contribution is -2.19. The minimum Gasteiger partial charge on any atom is -0.508 e. The second kappa shape index (κ2) is 7.09. The van der Waals surface area contributed by atoms with E-state index >= 15 is 0 Å². The average molecular weight is 363 g/mol. The maximum absolute atomic E-state index is 11.8. The molecule has 22 heavy (non-hydrogen) atoms.